The van der Waals surface area contributed by atoms with E-state index in [9.17, 15) is 9.59 Å². The predicted molar refractivity (Wildman–Crippen MR) is 98.5 cm³/mol. The molecule has 1 aromatic rings. The predicted octanol–water partition coefficient (Wildman–Crippen LogP) is 2.79. The van der Waals surface area contributed by atoms with Crippen LogP contribution in [0.3, 0.4) is 0 Å². The Kier molecular flexibility index (Phi) is 4.20. The second kappa shape index (κ2) is 6.29. The van der Waals surface area contributed by atoms with Gasteiger partial charge in [-0.3, -0.25) is 9.59 Å². The average molecular weight is 356 g/mol. The molecule has 5 rings (SSSR count). The summed E-state index contributed by atoms with van der Waals surface area (Å²) in [5.41, 5.74) is 0.604. The Balaban J connectivity index is 1.47. The number of amides is 2. The molecule has 0 aliphatic heterocycles. The molecule has 2 amide bonds. The van der Waals surface area contributed by atoms with Crippen LogP contribution in [-0.4, -0.2) is 24.5 Å². The molecule has 2 N–H and O–H groups in total. The van der Waals surface area contributed by atoms with E-state index in [4.69, 9.17) is 4.74 Å². The fourth-order valence-corrected chi connectivity index (χ4v) is 6.16. The van der Waals surface area contributed by atoms with E-state index in [1.165, 1.54) is 6.42 Å². The number of ether oxygens (including phenoxy) is 1. The number of carbonyl (C=O) groups excluding carboxylic acids is 2. The summed E-state index contributed by atoms with van der Waals surface area (Å²) in [4.78, 5) is 24.9. The Morgan fingerprint density at radius 3 is 2.35 bits per heavy atom. The standard InChI is InChI=1S/C21H28N2O3/c1-14(24)23-21-10-16-7-17(11-21)9-20(8-16,13-21)19(25)22-12-15-3-5-18(26-2)6-4-15/h3-6,16-17H,7-13H2,1-2H3,(H,22,25)(H,23,24)/t16-,17-,20?,21?/m1/s1. The molecule has 0 aromatic heterocycles. The molecule has 4 bridgehead atoms. The largest absolute Gasteiger partial charge is 0.497 e. The number of benzene rings is 1. The molecule has 0 spiro atoms. The summed E-state index contributed by atoms with van der Waals surface area (Å²) in [6.45, 7) is 2.13. The summed E-state index contributed by atoms with van der Waals surface area (Å²) in [6, 6.07) is 7.80. The lowest BCUT2D eigenvalue weighted by Gasteiger charge is -2.61. The summed E-state index contributed by atoms with van der Waals surface area (Å²) in [5, 5.41) is 6.39. The maximum absolute atomic E-state index is 13.2. The highest BCUT2D eigenvalue weighted by molar-refractivity contribution is 5.84. The maximum Gasteiger partial charge on any atom is 0.226 e. The minimum Gasteiger partial charge on any atom is -0.497 e. The van der Waals surface area contributed by atoms with Crippen LogP contribution in [0.25, 0.3) is 0 Å². The number of hydrogen-bond donors (Lipinski definition) is 2. The Morgan fingerprint density at radius 2 is 1.77 bits per heavy atom. The zero-order chi connectivity index (χ0) is 18.4. The van der Waals surface area contributed by atoms with Gasteiger partial charge in [-0.25, -0.2) is 0 Å². The van der Waals surface area contributed by atoms with Crippen LogP contribution in [0, 0.1) is 17.3 Å². The molecular formula is C21H28N2O3. The second-order valence-corrected chi connectivity index (χ2v) is 8.73. The van der Waals surface area contributed by atoms with E-state index in [0.29, 0.717) is 18.4 Å². The van der Waals surface area contributed by atoms with Gasteiger partial charge in [0.1, 0.15) is 5.75 Å². The van der Waals surface area contributed by atoms with Crippen molar-refractivity contribution in [1.82, 2.24) is 10.6 Å². The fraction of sp³-hybridized carbons (Fsp3) is 0.619. The quantitative estimate of drug-likeness (QED) is 0.852. The highest BCUT2D eigenvalue weighted by atomic mass is 16.5. The summed E-state index contributed by atoms with van der Waals surface area (Å²) in [6.07, 6.45) is 6.03. The van der Waals surface area contributed by atoms with E-state index >= 15 is 0 Å². The van der Waals surface area contributed by atoms with E-state index in [1.54, 1.807) is 14.0 Å². The highest BCUT2D eigenvalue weighted by Gasteiger charge is 2.60. The van der Waals surface area contributed by atoms with Crippen molar-refractivity contribution < 1.29 is 14.3 Å². The van der Waals surface area contributed by atoms with Crippen molar-refractivity contribution in [3.63, 3.8) is 0 Å². The number of carbonyl (C=O) groups is 2. The Bertz CT molecular complexity index is 698. The van der Waals surface area contributed by atoms with Gasteiger partial charge in [-0.2, -0.15) is 0 Å². The van der Waals surface area contributed by atoms with Crippen LogP contribution in [0.15, 0.2) is 24.3 Å². The Hall–Kier alpha value is -2.04. The first-order valence-corrected chi connectivity index (χ1v) is 9.62. The van der Waals surface area contributed by atoms with E-state index in [2.05, 4.69) is 10.6 Å². The number of nitrogens with one attached hydrogen (secondary N) is 2. The van der Waals surface area contributed by atoms with Crippen molar-refractivity contribution in [2.45, 2.75) is 57.5 Å². The third kappa shape index (κ3) is 3.08. The molecule has 1 aromatic carbocycles. The molecule has 5 heteroatoms. The van der Waals surface area contributed by atoms with E-state index in [0.717, 1.165) is 43.4 Å². The van der Waals surface area contributed by atoms with Crippen LogP contribution in [0.2, 0.25) is 0 Å². The number of rotatable bonds is 5. The highest BCUT2D eigenvalue weighted by Crippen LogP contribution is 2.61. The lowest BCUT2D eigenvalue weighted by Crippen LogP contribution is -2.65. The molecule has 4 fully saturated rings. The first-order chi connectivity index (χ1) is 12.4. The van der Waals surface area contributed by atoms with Crippen LogP contribution in [0.4, 0.5) is 0 Å². The number of hydrogen-bond acceptors (Lipinski definition) is 3. The molecule has 26 heavy (non-hydrogen) atoms. The molecule has 0 radical (unpaired) electrons. The van der Waals surface area contributed by atoms with E-state index < -0.39 is 0 Å². The van der Waals surface area contributed by atoms with Crippen molar-refractivity contribution in [1.29, 1.82) is 0 Å². The molecule has 4 saturated carbocycles. The molecule has 5 nitrogen and oxygen atoms in total. The fourth-order valence-electron chi connectivity index (χ4n) is 6.16. The lowest BCUT2D eigenvalue weighted by molar-refractivity contribution is -0.153. The van der Waals surface area contributed by atoms with E-state index in [1.807, 2.05) is 24.3 Å². The van der Waals surface area contributed by atoms with Crippen molar-refractivity contribution in [2.24, 2.45) is 17.3 Å². The van der Waals surface area contributed by atoms with Crippen molar-refractivity contribution in [3.8, 4) is 5.75 Å². The van der Waals surface area contributed by atoms with Gasteiger partial charge in [-0.1, -0.05) is 12.1 Å². The monoisotopic (exact) mass is 356 g/mol. The van der Waals surface area contributed by atoms with Gasteiger partial charge in [0.2, 0.25) is 11.8 Å². The molecule has 0 unspecified atom stereocenters. The summed E-state index contributed by atoms with van der Waals surface area (Å²) in [5.74, 6) is 2.14. The smallest absolute Gasteiger partial charge is 0.226 e. The van der Waals surface area contributed by atoms with Gasteiger partial charge in [-0.15, -0.1) is 0 Å². The van der Waals surface area contributed by atoms with Crippen molar-refractivity contribution in [2.75, 3.05) is 7.11 Å². The Morgan fingerprint density at radius 1 is 1.12 bits per heavy atom. The number of methoxy groups -OCH3 is 1. The van der Waals surface area contributed by atoms with Gasteiger partial charge >= 0.3 is 0 Å². The molecule has 2 atom stereocenters. The SMILES string of the molecule is COc1ccc(CNC(=O)C23C[C@H]4C[C@@H](CC(NC(C)=O)(C4)C2)C3)cc1. The molecule has 0 heterocycles. The van der Waals surface area contributed by atoms with Crippen molar-refractivity contribution in [3.05, 3.63) is 29.8 Å². The third-order valence-corrected chi connectivity index (χ3v) is 6.60. The van der Waals surface area contributed by atoms with Crippen LogP contribution in [0.1, 0.15) is 51.0 Å². The zero-order valence-electron chi connectivity index (χ0n) is 15.6. The van der Waals surface area contributed by atoms with Crippen LogP contribution in [0.5, 0.6) is 5.75 Å². The normalized spacial score (nSPS) is 34.4. The van der Waals surface area contributed by atoms with Gasteiger partial charge in [0.05, 0.1) is 12.5 Å². The minimum atomic E-state index is -0.307. The summed E-state index contributed by atoms with van der Waals surface area (Å²) in [7, 11) is 1.65. The summed E-state index contributed by atoms with van der Waals surface area (Å²) < 4.78 is 5.18. The van der Waals surface area contributed by atoms with E-state index in [-0.39, 0.29) is 22.8 Å². The maximum atomic E-state index is 13.2. The first-order valence-electron chi connectivity index (χ1n) is 9.62. The summed E-state index contributed by atoms with van der Waals surface area (Å²) >= 11 is 0. The average Bonchev–Trinajstić information content (AvgIpc) is 2.57. The molecule has 4 aliphatic carbocycles. The molecular weight excluding hydrogens is 328 g/mol. The van der Waals surface area contributed by atoms with Gasteiger partial charge in [-0.05, 0) is 68.1 Å². The van der Waals surface area contributed by atoms with Crippen LogP contribution < -0.4 is 15.4 Å². The van der Waals surface area contributed by atoms with Gasteiger partial charge in [0, 0.05) is 19.0 Å². The first kappa shape index (κ1) is 17.4. The van der Waals surface area contributed by atoms with Crippen LogP contribution >= 0.6 is 0 Å². The zero-order valence-corrected chi connectivity index (χ0v) is 15.6. The van der Waals surface area contributed by atoms with Crippen LogP contribution in [-0.2, 0) is 16.1 Å². The lowest BCUT2D eigenvalue weighted by atomic mass is 9.46. The second-order valence-electron chi connectivity index (χ2n) is 8.73. The molecule has 140 valence electrons. The molecule has 0 saturated heterocycles. The van der Waals surface area contributed by atoms with Gasteiger partial charge < -0.3 is 15.4 Å². The molecule has 4 aliphatic rings. The van der Waals surface area contributed by atoms with Gasteiger partial charge in [0.25, 0.3) is 0 Å². The third-order valence-electron chi connectivity index (χ3n) is 6.60. The minimum absolute atomic E-state index is 0.0285. The Labute approximate surface area is 154 Å². The van der Waals surface area contributed by atoms with Crippen molar-refractivity contribution >= 4 is 11.8 Å². The topological polar surface area (TPSA) is 67.4 Å². The van der Waals surface area contributed by atoms with Gasteiger partial charge in [0.15, 0.2) is 0 Å².